The van der Waals surface area contributed by atoms with Crippen LogP contribution in [-0.2, 0) is 17.6 Å². The first-order valence-corrected chi connectivity index (χ1v) is 5.91. The van der Waals surface area contributed by atoms with Crippen molar-refractivity contribution in [3.63, 3.8) is 0 Å². The Hall–Kier alpha value is -1.35. The maximum atomic E-state index is 12.0. The Morgan fingerprint density at radius 2 is 1.81 bits per heavy atom. The van der Waals surface area contributed by atoms with Gasteiger partial charge < -0.3 is 10.6 Å². The van der Waals surface area contributed by atoms with Gasteiger partial charge in [0.05, 0.1) is 6.04 Å². The molecule has 1 aliphatic heterocycles. The molecule has 0 saturated carbocycles. The maximum absolute atomic E-state index is 12.0. The summed E-state index contributed by atoms with van der Waals surface area (Å²) in [4.78, 5) is 12.0. The van der Waals surface area contributed by atoms with Crippen molar-refractivity contribution in [2.24, 2.45) is 5.92 Å². The molecule has 1 aromatic carbocycles. The van der Waals surface area contributed by atoms with Crippen LogP contribution in [0.3, 0.4) is 0 Å². The Morgan fingerprint density at radius 1 is 1.19 bits per heavy atom. The summed E-state index contributed by atoms with van der Waals surface area (Å²) in [6, 6.07) is 8.72. The zero-order valence-electron chi connectivity index (χ0n) is 9.20. The number of hydrogen-bond acceptors (Lipinski definition) is 2. The minimum atomic E-state index is 0.151. The minimum Gasteiger partial charge on any atom is -0.351 e. The van der Waals surface area contributed by atoms with E-state index in [9.17, 15) is 4.79 Å². The second-order valence-electron chi connectivity index (χ2n) is 4.74. The molecule has 0 atom stereocenters. The molecule has 2 N–H and O–H groups in total. The molecule has 0 bridgehead atoms. The van der Waals surface area contributed by atoms with E-state index in [2.05, 4.69) is 34.9 Å². The molecule has 3 heteroatoms. The number of nitrogens with one attached hydrogen (secondary N) is 2. The third-order valence-corrected chi connectivity index (χ3v) is 3.55. The molecule has 1 aliphatic carbocycles. The highest BCUT2D eigenvalue weighted by atomic mass is 16.2. The molecule has 0 spiro atoms. The van der Waals surface area contributed by atoms with Gasteiger partial charge in [0, 0.05) is 19.0 Å². The third-order valence-electron chi connectivity index (χ3n) is 3.55. The number of hydrogen-bond donors (Lipinski definition) is 2. The van der Waals surface area contributed by atoms with Crippen molar-refractivity contribution in [1.29, 1.82) is 0 Å². The van der Waals surface area contributed by atoms with Gasteiger partial charge in [-0.25, -0.2) is 0 Å². The van der Waals surface area contributed by atoms with Crippen molar-refractivity contribution in [2.75, 3.05) is 13.1 Å². The number of rotatable bonds is 2. The average molecular weight is 216 g/mol. The molecule has 0 aromatic heterocycles. The lowest BCUT2D eigenvalue weighted by Gasteiger charge is -2.29. The summed E-state index contributed by atoms with van der Waals surface area (Å²) in [5, 5.41) is 6.25. The van der Waals surface area contributed by atoms with Gasteiger partial charge in [0.15, 0.2) is 0 Å². The van der Waals surface area contributed by atoms with Gasteiger partial charge in [-0.1, -0.05) is 24.3 Å². The van der Waals surface area contributed by atoms with Gasteiger partial charge in [-0.2, -0.15) is 0 Å². The molecule has 84 valence electrons. The maximum Gasteiger partial charge on any atom is 0.224 e. The molecule has 0 radical (unpaired) electrons. The van der Waals surface area contributed by atoms with E-state index in [4.69, 9.17) is 0 Å². The largest absolute Gasteiger partial charge is 0.351 e. The Bertz CT molecular complexity index is 387. The summed E-state index contributed by atoms with van der Waals surface area (Å²) >= 11 is 0. The van der Waals surface area contributed by atoms with E-state index in [1.54, 1.807) is 0 Å². The molecular weight excluding hydrogens is 200 g/mol. The first-order valence-electron chi connectivity index (χ1n) is 5.91. The van der Waals surface area contributed by atoms with Crippen molar-refractivity contribution in [1.82, 2.24) is 10.6 Å². The number of carbonyl (C=O) groups excluding carboxylic acids is 1. The Labute approximate surface area is 95.2 Å². The van der Waals surface area contributed by atoms with E-state index >= 15 is 0 Å². The Kier molecular flexibility index (Phi) is 2.40. The number of fused-ring (bicyclic) bond motifs is 1. The molecule has 3 rings (SSSR count). The quantitative estimate of drug-likeness (QED) is 0.755. The highest BCUT2D eigenvalue weighted by Gasteiger charge is 2.29. The summed E-state index contributed by atoms with van der Waals surface area (Å²) in [6.07, 6.45) is 1.81. The smallest absolute Gasteiger partial charge is 0.224 e. The zero-order valence-corrected chi connectivity index (χ0v) is 9.20. The molecule has 1 saturated heterocycles. The van der Waals surface area contributed by atoms with Crippen LogP contribution in [0.1, 0.15) is 11.1 Å². The van der Waals surface area contributed by atoms with Crippen molar-refractivity contribution < 1.29 is 4.79 Å². The molecule has 2 aliphatic rings. The first-order chi connectivity index (χ1) is 7.83. The van der Waals surface area contributed by atoms with Gasteiger partial charge in [-0.05, 0) is 24.0 Å². The van der Waals surface area contributed by atoms with Gasteiger partial charge in [0.2, 0.25) is 5.91 Å². The lowest BCUT2D eigenvalue weighted by Crippen LogP contribution is -2.58. The standard InChI is InChI=1S/C13H16N2O/c16-13(15-12-7-14-8-12)11-5-9-3-1-2-4-10(9)6-11/h1-4,11-12,14H,5-8H2,(H,15,16). The summed E-state index contributed by atoms with van der Waals surface area (Å²) in [5.41, 5.74) is 2.68. The first kappa shape index (κ1) is 9.85. The van der Waals surface area contributed by atoms with E-state index in [0.717, 1.165) is 25.9 Å². The van der Waals surface area contributed by atoms with Crippen LogP contribution >= 0.6 is 0 Å². The molecule has 1 amide bonds. The van der Waals surface area contributed by atoms with Gasteiger partial charge in [-0.15, -0.1) is 0 Å². The van der Waals surface area contributed by atoms with Crippen LogP contribution in [0.2, 0.25) is 0 Å². The molecule has 3 nitrogen and oxygen atoms in total. The SMILES string of the molecule is O=C(NC1CNC1)C1Cc2ccccc2C1. The van der Waals surface area contributed by atoms with E-state index in [-0.39, 0.29) is 11.8 Å². The number of benzene rings is 1. The molecule has 1 fully saturated rings. The summed E-state index contributed by atoms with van der Waals surface area (Å²) < 4.78 is 0. The van der Waals surface area contributed by atoms with Crippen LogP contribution in [0.15, 0.2) is 24.3 Å². The van der Waals surface area contributed by atoms with E-state index in [1.807, 2.05) is 0 Å². The highest BCUT2D eigenvalue weighted by molar-refractivity contribution is 5.80. The van der Waals surface area contributed by atoms with Crippen LogP contribution in [-0.4, -0.2) is 25.0 Å². The van der Waals surface area contributed by atoms with Crippen LogP contribution < -0.4 is 10.6 Å². The van der Waals surface area contributed by atoms with E-state index < -0.39 is 0 Å². The predicted molar refractivity (Wildman–Crippen MR) is 62.1 cm³/mol. The van der Waals surface area contributed by atoms with Gasteiger partial charge in [0.25, 0.3) is 0 Å². The van der Waals surface area contributed by atoms with Crippen molar-refractivity contribution in [2.45, 2.75) is 18.9 Å². The average Bonchev–Trinajstić information content (AvgIpc) is 2.66. The van der Waals surface area contributed by atoms with Crippen LogP contribution in [0.25, 0.3) is 0 Å². The van der Waals surface area contributed by atoms with Crippen LogP contribution in [0.5, 0.6) is 0 Å². The summed E-state index contributed by atoms with van der Waals surface area (Å²) in [7, 11) is 0. The Morgan fingerprint density at radius 3 is 2.31 bits per heavy atom. The molecular formula is C13H16N2O. The van der Waals surface area contributed by atoms with Gasteiger partial charge in [-0.3, -0.25) is 4.79 Å². The molecule has 0 unspecified atom stereocenters. The second kappa shape index (κ2) is 3.91. The normalized spacial score (nSPS) is 20.2. The highest BCUT2D eigenvalue weighted by Crippen LogP contribution is 2.26. The van der Waals surface area contributed by atoms with Gasteiger partial charge in [0.1, 0.15) is 0 Å². The van der Waals surface area contributed by atoms with Crippen LogP contribution in [0, 0.1) is 5.92 Å². The summed E-state index contributed by atoms with van der Waals surface area (Å²) in [5.74, 6) is 0.376. The topological polar surface area (TPSA) is 41.1 Å². The number of carbonyl (C=O) groups is 1. The van der Waals surface area contributed by atoms with Crippen molar-refractivity contribution >= 4 is 5.91 Å². The summed E-state index contributed by atoms with van der Waals surface area (Å²) in [6.45, 7) is 1.84. The van der Waals surface area contributed by atoms with Gasteiger partial charge >= 0.3 is 0 Å². The fourth-order valence-corrected chi connectivity index (χ4v) is 2.45. The minimum absolute atomic E-state index is 0.151. The molecule has 1 aromatic rings. The molecule has 1 heterocycles. The monoisotopic (exact) mass is 216 g/mol. The lowest BCUT2D eigenvalue weighted by molar-refractivity contribution is -0.125. The van der Waals surface area contributed by atoms with Crippen LogP contribution in [0.4, 0.5) is 0 Å². The predicted octanol–water partition coefficient (Wildman–Crippen LogP) is 0.489. The van der Waals surface area contributed by atoms with E-state index in [1.165, 1.54) is 11.1 Å². The van der Waals surface area contributed by atoms with Crippen molar-refractivity contribution in [3.8, 4) is 0 Å². The third kappa shape index (κ3) is 1.71. The fraction of sp³-hybridized carbons (Fsp3) is 0.462. The lowest BCUT2D eigenvalue weighted by atomic mass is 10.0. The zero-order chi connectivity index (χ0) is 11.0. The van der Waals surface area contributed by atoms with Crippen molar-refractivity contribution in [3.05, 3.63) is 35.4 Å². The Balaban J connectivity index is 1.64. The molecule has 16 heavy (non-hydrogen) atoms. The fourth-order valence-electron chi connectivity index (χ4n) is 2.45. The second-order valence-corrected chi connectivity index (χ2v) is 4.74. The number of amides is 1. The van der Waals surface area contributed by atoms with E-state index in [0.29, 0.717) is 6.04 Å².